The van der Waals surface area contributed by atoms with Crippen LogP contribution in [0.15, 0.2) is 76.8 Å². The van der Waals surface area contributed by atoms with Crippen LogP contribution < -0.4 is 4.90 Å². The molecule has 0 N–H and O–H groups in total. The number of hydrogen-bond acceptors (Lipinski definition) is 5. The molecule has 2 aromatic carbocycles. The molecule has 0 spiro atoms. The predicted octanol–water partition coefficient (Wildman–Crippen LogP) is 6.14. The van der Waals surface area contributed by atoms with Crippen LogP contribution in [-0.4, -0.2) is 12.8 Å². The lowest BCUT2D eigenvalue weighted by Crippen LogP contribution is -2.22. The normalized spacial score (nSPS) is 18.7. The van der Waals surface area contributed by atoms with Crippen LogP contribution in [0.25, 0.3) is 16.3 Å². The van der Waals surface area contributed by atoms with Crippen molar-refractivity contribution in [3.8, 4) is 12.1 Å². The number of Topliss-reactive ketones (excluding diaryl/α,β-unsaturated/α-hetero) is 1. The van der Waals surface area contributed by atoms with Gasteiger partial charge in [-0.05, 0) is 46.0 Å². The zero-order valence-corrected chi connectivity index (χ0v) is 18.7. The molecule has 2 heterocycles. The molecule has 0 bridgehead atoms. The number of nitrogens with zero attached hydrogens (tertiary/aromatic N) is 3. The monoisotopic (exact) mass is 433 g/mol. The van der Waals surface area contributed by atoms with Crippen LogP contribution in [-0.2, 0) is 5.41 Å². The first-order chi connectivity index (χ1) is 15.4. The SMILES string of the molecule is CN1/C(=C\C=C2/C(=O)c3ccsc3C2=C(C#N)C#N)C(C)(C)c2c1ccc1ccccc21. The van der Waals surface area contributed by atoms with Crippen LogP contribution in [0.3, 0.4) is 0 Å². The van der Waals surface area contributed by atoms with Crippen molar-refractivity contribution in [3.63, 3.8) is 0 Å². The van der Waals surface area contributed by atoms with Crippen LogP contribution in [0, 0.1) is 22.7 Å². The number of likely N-dealkylation sites (N-methyl/N-ethyl adjacent to an activating group) is 1. The minimum Gasteiger partial charge on any atom is -0.347 e. The summed E-state index contributed by atoms with van der Waals surface area (Å²) in [4.78, 5) is 15.9. The fourth-order valence-electron chi connectivity index (χ4n) is 4.96. The number of hydrogen-bond donors (Lipinski definition) is 0. The van der Waals surface area contributed by atoms with Crippen molar-refractivity contribution in [1.82, 2.24) is 0 Å². The molecule has 32 heavy (non-hydrogen) atoms. The van der Waals surface area contributed by atoms with Crippen LogP contribution in [0.1, 0.15) is 34.6 Å². The predicted molar refractivity (Wildman–Crippen MR) is 128 cm³/mol. The van der Waals surface area contributed by atoms with Crippen molar-refractivity contribution in [2.75, 3.05) is 11.9 Å². The van der Waals surface area contributed by atoms with E-state index in [-0.39, 0.29) is 16.8 Å². The molecule has 0 atom stereocenters. The van der Waals surface area contributed by atoms with Crippen molar-refractivity contribution in [2.45, 2.75) is 19.3 Å². The third-order valence-corrected chi connectivity index (χ3v) is 7.36. The molecule has 0 unspecified atom stereocenters. The molecule has 5 rings (SSSR count). The van der Waals surface area contributed by atoms with E-state index in [0.29, 0.717) is 21.6 Å². The zero-order chi connectivity index (χ0) is 22.6. The number of anilines is 1. The number of carbonyl (C=O) groups is 1. The number of allylic oxidation sites excluding steroid dienone is 6. The molecular weight excluding hydrogens is 414 g/mol. The molecule has 2 aliphatic rings. The van der Waals surface area contributed by atoms with E-state index in [1.165, 1.54) is 27.7 Å². The highest BCUT2D eigenvalue weighted by atomic mass is 32.1. The first kappa shape index (κ1) is 20.0. The maximum absolute atomic E-state index is 13.1. The molecule has 3 aromatic rings. The summed E-state index contributed by atoms with van der Waals surface area (Å²) in [6, 6.07) is 18.3. The summed E-state index contributed by atoms with van der Waals surface area (Å²) in [7, 11) is 2.03. The summed E-state index contributed by atoms with van der Waals surface area (Å²) in [6.45, 7) is 4.37. The summed E-state index contributed by atoms with van der Waals surface area (Å²) in [6.07, 6.45) is 3.74. The van der Waals surface area contributed by atoms with Gasteiger partial charge < -0.3 is 4.90 Å². The van der Waals surface area contributed by atoms with Gasteiger partial charge in [-0.1, -0.05) is 44.2 Å². The molecule has 0 saturated carbocycles. The van der Waals surface area contributed by atoms with E-state index in [4.69, 9.17) is 0 Å². The zero-order valence-electron chi connectivity index (χ0n) is 17.9. The lowest BCUT2D eigenvalue weighted by molar-refractivity contribution is 0.104. The minimum absolute atomic E-state index is 0.0301. The van der Waals surface area contributed by atoms with E-state index in [9.17, 15) is 15.3 Å². The molecule has 0 amide bonds. The Kier molecular flexibility index (Phi) is 4.41. The van der Waals surface area contributed by atoms with Gasteiger partial charge in [-0.25, -0.2) is 0 Å². The van der Waals surface area contributed by atoms with Crippen LogP contribution in [0.4, 0.5) is 5.69 Å². The second kappa shape index (κ2) is 7.05. The number of thiophene rings is 1. The van der Waals surface area contributed by atoms with E-state index < -0.39 is 0 Å². The van der Waals surface area contributed by atoms with Crippen molar-refractivity contribution >= 4 is 39.2 Å². The average molecular weight is 434 g/mol. The third kappa shape index (κ3) is 2.62. The maximum Gasteiger partial charge on any atom is 0.195 e. The molecule has 154 valence electrons. The highest BCUT2D eigenvalue weighted by molar-refractivity contribution is 7.12. The van der Waals surface area contributed by atoms with Crippen LogP contribution in [0.5, 0.6) is 0 Å². The van der Waals surface area contributed by atoms with Gasteiger partial charge in [-0.3, -0.25) is 4.79 Å². The van der Waals surface area contributed by atoms with E-state index in [1.807, 2.05) is 36.7 Å². The summed E-state index contributed by atoms with van der Waals surface area (Å²) in [5.41, 5.74) is 4.54. The molecule has 0 radical (unpaired) electrons. The van der Waals surface area contributed by atoms with Gasteiger partial charge in [0, 0.05) is 45.4 Å². The summed E-state index contributed by atoms with van der Waals surface area (Å²) >= 11 is 1.38. The Morgan fingerprint density at radius 1 is 1.06 bits per heavy atom. The highest BCUT2D eigenvalue weighted by Crippen LogP contribution is 2.50. The molecule has 0 saturated heterocycles. The van der Waals surface area contributed by atoms with Crippen molar-refractivity contribution < 1.29 is 4.79 Å². The second-order valence-corrected chi connectivity index (χ2v) is 9.38. The lowest BCUT2D eigenvalue weighted by Gasteiger charge is -2.24. The van der Waals surface area contributed by atoms with Crippen molar-refractivity contribution in [2.24, 2.45) is 0 Å². The Morgan fingerprint density at radius 3 is 2.56 bits per heavy atom. The van der Waals surface area contributed by atoms with Gasteiger partial charge in [0.1, 0.15) is 17.7 Å². The standard InChI is InChI=1S/C27H19N3OS/c1-27(2)22(30(3)21-10-8-16-6-4-5-7-18(16)24(21)27)11-9-19-23(17(14-28)15-29)26-20(25(19)31)12-13-32-26/h4-13H,1-3H3/b19-9-,22-11-. The topological polar surface area (TPSA) is 67.9 Å². The third-order valence-electron chi connectivity index (χ3n) is 6.43. The Balaban J connectivity index is 1.69. The summed E-state index contributed by atoms with van der Waals surface area (Å²) < 4.78 is 0. The van der Waals surface area contributed by atoms with Gasteiger partial charge in [0.2, 0.25) is 0 Å². The second-order valence-electron chi connectivity index (χ2n) is 8.46. The Bertz CT molecular complexity index is 1490. The minimum atomic E-state index is -0.286. The van der Waals surface area contributed by atoms with Gasteiger partial charge in [-0.15, -0.1) is 11.3 Å². The van der Waals surface area contributed by atoms with Gasteiger partial charge in [0.25, 0.3) is 0 Å². The molecule has 0 fully saturated rings. The van der Waals surface area contributed by atoms with Gasteiger partial charge in [-0.2, -0.15) is 10.5 Å². The fraction of sp³-hybridized carbons (Fsp3) is 0.148. The fourth-order valence-corrected chi connectivity index (χ4v) is 5.92. The maximum atomic E-state index is 13.1. The van der Waals surface area contributed by atoms with E-state index in [2.05, 4.69) is 49.1 Å². The first-order valence-electron chi connectivity index (χ1n) is 10.3. The van der Waals surface area contributed by atoms with E-state index >= 15 is 0 Å². The number of benzene rings is 2. The smallest absolute Gasteiger partial charge is 0.195 e. The number of nitriles is 2. The summed E-state index contributed by atoms with van der Waals surface area (Å²) in [5, 5.41) is 23.2. The number of ketones is 1. The quantitative estimate of drug-likeness (QED) is 0.342. The number of rotatable bonds is 1. The molecule has 5 heteroatoms. The lowest BCUT2D eigenvalue weighted by atomic mass is 9.81. The molecule has 1 aliphatic carbocycles. The Morgan fingerprint density at radius 2 is 1.81 bits per heavy atom. The van der Waals surface area contributed by atoms with E-state index in [1.54, 1.807) is 12.1 Å². The molecule has 1 aromatic heterocycles. The first-order valence-corrected chi connectivity index (χ1v) is 11.1. The van der Waals surface area contributed by atoms with Crippen molar-refractivity contribution in [1.29, 1.82) is 10.5 Å². The Labute approximate surface area is 190 Å². The van der Waals surface area contributed by atoms with Crippen molar-refractivity contribution in [3.05, 3.63) is 92.8 Å². The molecular formula is C27H19N3OS. The molecule has 1 aliphatic heterocycles. The Hall–Kier alpha value is -3.93. The number of carbonyl (C=O) groups excluding carboxylic acids is 1. The average Bonchev–Trinajstić information content (AvgIpc) is 3.42. The largest absolute Gasteiger partial charge is 0.347 e. The summed E-state index contributed by atoms with van der Waals surface area (Å²) in [5.74, 6) is -0.141. The van der Waals surface area contributed by atoms with E-state index in [0.717, 1.165) is 11.4 Å². The van der Waals surface area contributed by atoms with Crippen LogP contribution >= 0.6 is 11.3 Å². The van der Waals surface area contributed by atoms with Gasteiger partial charge in [0.15, 0.2) is 5.78 Å². The van der Waals surface area contributed by atoms with Gasteiger partial charge in [0.05, 0.1) is 0 Å². The van der Waals surface area contributed by atoms with Crippen LogP contribution in [0.2, 0.25) is 0 Å². The van der Waals surface area contributed by atoms with Gasteiger partial charge >= 0.3 is 0 Å². The molecule has 4 nitrogen and oxygen atoms in total. The number of fused-ring (bicyclic) bond motifs is 4. The highest BCUT2D eigenvalue weighted by Gasteiger charge is 2.40.